The molecule has 2 aromatic heterocycles. The first-order valence-corrected chi connectivity index (χ1v) is 22.2. The Morgan fingerprint density at radius 2 is 1.40 bits per heavy atom. The van der Waals surface area contributed by atoms with Crippen molar-refractivity contribution in [2.24, 2.45) is 10.9 Å². The van der Waals surface area contributed by atoms with Crippen molar-refractivity contribution in [3.8, 4) is 5.69 Å². The molecule has 4 aliphatic rings. The van der Waals surface area contributed by atoms with Crippen molar-refractivity contribution in [3.05, 3.63) is 210 Å². The van der Waals surface area contributed by atoms with Crippen molar-refractivity contribution in [2.75, 3.05) is 0 Å². The summed E-state index contributed by atoms with van der Waals surface area (Å²) in [7, 11) is 0. The van der Waals surface area contributed by atoms with E-state index in [1.54, 1.807) is 0 Å². The molecule has 2 N–H and O–H groups in total. The molecule has 0 spiro atoms. The van der Waals surface area contributed by atoms with Gasteiger partial charge in [-0.3, -0.25) is 5.32 Å². The van der Waals surface area contributed by atoms with E-state index < -0.39 is 0 Å². The highest BCUT2D eigenvalue weighted by atomic mass is 15.3. The van der Waals surface area contributed by atoms with Gasteiger partial charge in [0.1, 0.15) is 12.0 Å². The van der Waals surface area contributed by atoms with Gasteiger partial charge in [-0.05, 0) is 105 Å². The van der Waals surface area contributed by atoms with E-state index in [1.165, 1.54) is 76.6 Å². The van der Waals surface area contributed by atoms with Crippen LogP contribution < -0.4 is 10.6 Å². The van der Waals surface area contributed by atoms with Gasteiger partial charge in [-0.25, -0.2) is 4.99 Å². The van der Waals surface area contributed by atoms with E-state index in [0.29, 0.717) is 0 Å². The molecular formula is C57H45N5. The number of aryl methyl sites for hydroxylation is 1. The monoisotopic (exact) mass is 799 g/mol. The zero-order valence-corrected chi connectivity index (χ0v) is 34.4. The standard InChI is InChI=1S/C57H45N5/c1-2-15-36(16-3-1)55-58-56(60-57(59-55)50-33-39-19-6-7-22-43(39)44-23-8-9-24-45(44)50)40-20-14-21-41(31-40)62-53-34-38-18-5-4-17-37(38)32-49(53)48-30-29-42(35-54(48)62)61-51-27-12-10-25-46(51)47-26-11-13-28-52(47)61/h1-10,12-15,17-25,27-34,36,42,55-56,58H,11,16,26,35H2,(H,59,60). The lowest BCUT2D eigenvalue weighted by atomic mass is 9.93. The molecule has 62 heavy (non-hydrogen) atoms. The highest BCUT2D eigenvalue weighted by Crippen LogP contribution is 2.42. The molecule has 7 aromatic carbocycles. The van der Waals surface area contributed by atoms with Crippen LogP contribution in [0.5, 0.6) is 0 Å². The third-order valence-corrected chi connectivity index (χ3v) is 13.9. The summed E-state index contributed by atoms with van der Waals surface area (Å²) in [5.74, 6) is 1.19. The largest absolute Gasteiger partial charge is 0.354 e. The maximum absolute atomic E-state index is 5.58. The van der Waals surface area contributed by atoms with Crippen LogP contribution >= 0.6 is 0 Å². The highest BCUT2D eigenvalue weighted by molar-refractivity contribution is 6.18. The van der Waals surface area contributed by atoms with Crippen LogP contribution in [-0.4, -0.2) is 21.1 Å². The summed E-state index contributed by atoms with van der Waals surface area (Å²) in [6.45, 7) is 0. The van der Waals surface area contributed by atoms with Gasteiger partial charge in [0, 0.05) is 56.8 Å². The van der Waals surface area contributed by atoms with Crippen LogP contribution in [-0.2, 0) is 12.8 Å². The van der Waals surface area contributed by atoms with Gasteiger partial charge < -0.3 is 14.5 Å². The molecule has 3 aliphatic carbocycles. The molecule has 4 atom stereocenters. The van der Waals surface area contributed by atoms with Gasteiger partial charge in [0.05, 0.1) is 17.7 Å². The molecule has 9 aromatic rings. The fraction of sp³-hybridized carbons (Fsp3) is 0.140. The molecule has 298 valence electrons. The predicted molar refractivity (Wildman–Crippen MR) is 259 cm³/mol. The molecule has 4 unspecified atom stereocenters. The van der Waals surface area contributed by atoms with E-state index in [4.69, 9.17) is 4.99 Å². The lowest BCUT2D eigenvalue weighted by Gasteiger charge is -2.36. The highest BCUT2D eigenvalue weighted by Gasteiger charge is 2.32. The van der Waals surface area contributed by atoms with Crippen molar-refractivity contribution in [1.29, 1.82) is 0 Å². The molecule has 5 nitrogen and oxygen atoms in total. The molecule has 3 heterocycles. The van der Waals surface area contributed by atoms with E-state index >= 15 is 0 Å². The Kier molecular flexibility index (Phi) is 8.13. The molecule has 0 radical (unpaired) electrons. The molecule has 0 saturated heterocycles. The lowest BCUT2D eigenvalue weighted by molar-refractivity contribution is 0.328. The minimum absolute atomic E-state index is 0.0172. The summed E-state index contributed by atoms with van der Waals surface area (Å²) in [5, 5.41) is 18.0. The van der Waals surface area contributed by atoms with Gasteiger partial charge in [-0.15, -0.1) is 0 Å². The van der Waals surface area contributed by atoms with Gasteiger partial charge in [0.25, 0.3) is 0 Å². The molecule has 13 rings (SSSR count). The lowest BCUT2D eigenvalue weighted by Crippen LogP contribution is -2.54. The molecule has 0 amide bonds. The van der Waals surface area contributed by atoms with Crippen LogP contribution in [0, 0.1) is 5.92 Å². The summed E-state index contributed by atoms with van der Waals surface area (Å²) < 4.78 is 5.16. The van der Waals surface area contributed by atoms with E-state index in [9.17, 15) is 0 Å². The second-order valence-electron chi connectivity index (χ2n) is 17.4. The third-order valence-electron chi connectivity index (χ3n) is 13.9. The van der Waals surface area contributed by atoms with Crippen LogP contribution in [0.2, 0.25) is 0 Å². The Morgan fingerprint density at radius 1 is 0.613 bits per heavy atom. The van der Waals surface area contributed by atoms with Crippen molar-refractivity contribution in [2.45, 2.75) is 44.1 Å². The van der Waals surface area contributed by atoms with E-state index in [2.05, 4.69) is 208 Å². The van der Waals surface area contributed by atoms with Crippen molar-refractivity contribution >= 4 is 72.1 Å². The first kappa shape index (κ1) is 35.5. The first-order chi connectivity index (χ1) is 30.7. The molecule has 0 fully saturated rings. The van der Waals surface area contributed by atoms with Crippen molar-refractivity contribution in [1.82, 2.24) is 19.8 Å². The van der Waals surface area contributed by atoms with Gasteiger partial charge in [0.2, 0.25) is 0 Å². The molecular weight excluding hydrogens is 755 g/mol. The summed E-state index contributed by atoms with van der Waals surface area (Å²) in [6, 6.07) is 51.7. The summed E-state index contributed by atoms with van der Waals surface area (Å²) in [5.41, 5.74) is 11.5. The smallest absolute Gasteiger partial charge is 0.132 e. The number of aromatic nitrogens is 2. The first-order valence-electron chi connectivity index (χ1n) is 22.2. The minimum atomic E-state index is -0.267. The molecule has 5 heteroatoms. The predicted octanol–water partition coefficient (Wildman–Crippen LogP) is 12.9. The third kappa shape index (κ3) is 5.62. The Morgan fingerprint density at radius 3 is 2.27 bits per heavy atom. The fourth-order valence-corrected chi connectivity index (χ4v) is 11.0. The average Bonchev–Trinajstić information content (AvgIpc) is 3.85. The number of fused-ring (bicyclic) bond motifs is 10. The quantitative estimate of drug-likeness (QED) is 0.170. The number of hydrogen-bond donors (Lipinski definition) is 2. The zero-order valence-electron chi connectivity index (χ0n) is 34.4. The number of hydrogen-bond acceptors (Lipinski definition) is 3. The van der Waals surface area contributed by atoms with Gasteiger partial charge in [0.15, 0.2) is 0 Å². The minimum Gasteiger partial charge on any atom is -0.354 e. The average molecular weight is 800 g/mol. The van der Waals surface area contributed by atoms with Gasteiger partial charge >= 0.3 is 0 Å². The molecule has 0 bridgehead atoms. The maximum atomic E-state index is 5.58. The number of nitrogens with zero attached hydrogens (tertiary/aromatic N) is 3. The number of rotatable bonds is 5. The van der Waals surface area contributed by atoms with Crippen molar-refractivity contribution in [3.63, 3.8) is 0 Å². The fourth-order valence-electron chi connectivity index (χ4n) is 11.0. The Balaban J connectivity index is 0.973. The second kappa shape index (κ2) is 14.2. The topological polar surface area (TPSA) is 46.3 Å². The van der Waals surface area contributed by atoms with Crippen LogP contribution in [0.15, 0.2) is 181 Å². The van der Waals surface area contributed by atoms with Crippen LogP contribution in [0.1, 0.15) is 58.7 Å². The Labute approximate surface area is 360 Å². The summed E-state index contributed by atoms with van der Waals surface area (Å²) in [6.07, 6.45) is 22.2. The van der Waals surface area contributed by atoms with Gasteiger partial charge in [-0.2, -0.15) is 0 Å². The normalized spacial score (nSPS) is 20.5. The number of benzene rings is 7. The number of amidine groups is 1. The second-order valence-corrected chi connectivity index (χ2v) is 17.4. The summed E-state index contributed by atoms with van der Waals surface area (Å²) in [4.78, 5) is 5.58. The molecule has 1 aliphatic heterocycles. The van der Waals surface area contributed by atoms with Crippen molar-refractivity contribution < 1.29 is 0 Å². The Bertz CT molecular complexity index is 3460. The number of aliphatic imine (C=N–C) groups is 1. The number of nitrogens with one attached hydrogen (secondary N) is 2. The van der Waals surface area contributed by atoms with Crippen LogP contribution in [0.3, 0.4) is 0 Å². The summed E-state index contributed by atoms with van der Waals surface area (Å²) >= 11 is 0. The molecule has 0 saturated carbocycles. The number of allylic oxidation sites excluding steroid dienone is 5. The van der Waals surface area contributed by atoms with E-state index in [1.807, 2.05) is 0 Å². The van der Waals surface area contributed by atoms with Gasteiger partial charge in [-0.1, -0.05) is 146 Å². The number of para-hydroxylation sites is 1. The van der Waals surface area contributed by atoms with E-state index in [0.717, 1.165) is 48.3 Å². The Hall–Kier alpha value is -7.21. The SMILES string of the molecule is C1=CCC(C2NC(c3cc4ccccc4c4ccccc34)=NC(c3cccc(-n4c5c(c6cc7ccccc7cc64)C=CC(n4c6c(c7ccccc74)CCC=C6)C5)c3)N2)C=C1. The van der Waals surface area contributed by atoms with Crippen LogP contribution in [0.4, 0.5) is 0 Å². The zero-order chi connectivity index (χ0) is 40.7. The maximum Gasteiger partial charge on any atom is 0.132 e. The van der Waals surface area contributed by atoms with Crippen LogP contribution in [0.25, 0.3) is 72.0 Å². The van der Waals surface area contributed by atoms with E-state index in [-0.39, 0.29) is 24.3 Å².